The summed E-state index contributed by atoms with van der Waals surface area (Å²) in [7, 11) is 2.12. The predicted molar refractivity (Wildman–Crippen MR) is 191 cm³/mol. The molecule has 1 saturated carbocycles. The number of ketones is 2. The van der Waals surface area contributed by atoms with Crippen LogP contribution in [0, 0.1) is 12.3 Å². The van der Waals surface area contributed by atoms with Crippen molar-refractivity contribution in [3.05, 3.63) is 81.8 Å². The first-order valence-corrected chi connectivity index (χ1v) is 18.1. The molecular weight excluding hydrogens is 701 g/mol. The minimum atomic E-state index is -0.825. The maximum Gasteiger partial charge on any atom is 0.245 e. The number of carbonyl (C=O) groups excluding carboxylic acids is 3. The van der Waals surface area contributed by atoms with Crippen LogP contribution in [-0.2, 0) is 35.7 Å². The molecule has 0 unspecified atom stereocenters. The van der Waals surface area contributed by atoms with Crippen LogP contribution in [0.2, 0.25) is 0 Å². The van der Waals surface area contributed by atoms with Gasteiger partial charge in [-0.1, -0.05) is 18.2 Å². The summed E-state index contributed by atoms with van der Waals surface area (Å²) < 4.78 is 16.9. The maximum absolute atomic E-state index is 14.8. The van der Waals surface area contributed by atoms with Crippen LogP contribution in [0.5, 0.6) is 0 Å². The predicted octanol–water partition coefficient (Wildman–Crippen LogP) is 6.02. The van der Waals surface area contributed by atoms with Gasteiger partial charge >= 0.3 is 0 Å². The molecule has 1 aromatic carbocycles. The molecule has 7 rings (SSSR count). The van der Waals surface area contributed by atoms with E-state index in [2.05, 4.69) is 55.1 Å². The van der Waals surface area contributed by atoms with Gasteiger partial charge in [0.25, 0.3) is 0 Å². The highest BCUT2D eigenvalue weighted by molar-refractivity contribution is 9.10. The number of fused-ring (bicyclic) bond motifs is 3. The highest BCUT2D eigenvalue weighted by Gasteiger charge is 2.67. The monoisotopic (exact) mass is 741 g/mol. The van der Waals surface area contributed by atoms with Crippen molar-refractivity contribution in [1.29, 1.82) is 0 Å². The van der Waals surface area contributed by atoms with Crippen LogP contribution in [0.1, 0.15) is 72.2 Å². The number of nitrogens with zero attached hydrogens (tertiary/aromatic N) is 7. The second-order valence-electron chi connectivity index (χ2n) is 14.1. The molecule has 2 fully saturated rings. The average Bonchev–Trinajstić information content (AvgIpc) is 3.47. The Labute approximate surface area is 299 Å². The van der Waals surface area contributed by atoms with Gasteiger partial charge in [0.2, 0.25) is 5.91 Å². The highest BCUT2D eigenvalue weighted by Crippen LogP contribution is 2.60. The molecule has 1 amide bonds. The van der Waals surface area contributed by atoms with Crippen molar-refractivity contribution in [1.82, 2.24) is 34.5 Å². The molecule has 10 nitrogen and oxygen atoms in total. The van der Waals surface area contributed by atoms with E-state index in [0.29, 0.717) is 56.6 Å². The van der Waals surface area contributed by atoms with Crippen LogP contribution in [0.15, 0.2) is 53.4 Å². The number of carbonyl (C=O) groups is 3. The molecule has 12 heteroatoms. The zero-order valence-electron chi connectivity index (χ0n) is 28.7. The summed E-state index contributed by atoms with van der Waals surface area (Å²) in [4.78, 5) is 58.9. The van der Waals surface area contributed by atoms with Gasteiger partial charge in [-0.05, 0) is 104 Å². The van der Waals surface area contributed by atoms with Gasteiger partial charge in [0.05, 0.1) is 23.7 Å². The largest absolute Gasteiger partial charge is 0.327 e. The Morgan fingerprint density at radius 3 is 2.64 bits per heavy atom. The second kappa shape index (κ2) is 13.9. The summed E-state index contributed by atoms with van der Waals surface area (Å²) in [6, 6.07) is 6.69. The summed E-state index contributed by atoms with van der Waals surface area (Å²) in [5.74, 6) is 0.00740. The Kier molecular flexibility index (Phi) is 9.51. The molecule has 0 radical (unpaired) electrons. The van der Waals surface area contributed by atoms with Crippen LogP contribution in [0.4, 0.5) is 4.39 Å². The highest BCUT2D eigenvalue weighted by atomic mass is 79.9. The standard InChI is InChI=1S/C38H41BrFN7O3/c1-23(48)36-29-14-26(28-19-41-24(2)42-20-28)13-27(18-40)37(29)46(44-36)21-35(50)47-31-16-38(17-33(38)47)22-45(3)12-8-6-4-5-7-9-25-10-11-34(39)43-30(25)15-32(31)49/h5,7,10-11,13-14,19-20,31,33H,4,6,8-9,12,15-18,21-22H2,1-3H3/t31-,33+,38-/m0/s1. The summed E-state index contributed by atoms with van der Waals surface area (Å²) >= 11 is 3.48. The molecule has 3 atom stereocenters. The van der Waals surface area contributed by atoms with Gasteiger partial charge < -0.3 is 9.80 Å². The van der Waals surface area contributed by atoms with Crippen molar-refractivity contribution in [2.24, 2.45) is 5.41 Å². The van der Waals surface area contributed by atoms with E-state index < -0.39 is 12.7 Å². The fraction of sp³-hybridized carbons (Fsp3) is 0.447. The number of benzene rings is 1. The number of aromatic nitrogens is 5. The minimum absolute atomic E-state index is 0.0420. The molecule has 1 aliphatic carbocycles. The summed E-state index contributed by atoms with van der Waals surface area (Å²) in [5, 5.41) is 5.05. The number of allylic oxidation sites excluding steroid dienone is 2. The maximum atomic E-state index is 14.8. The Morgan fingerprint density at radius 2 is 1.88 bits per heavy atom. The van der Waals surface area contributed by atoms with E-state index in [9.17, 15) is 18.8 Å². The number of hydrogen-bond acceptors (Lipinski definition) is 8. The molecule has 2 aliphatic heterocycles. The zero-order chi connectivity index (χ0) is 35.2. The molecule has 5 heterocycles. The van der Waals surface area contributed by atoms with Crippen molar-refractivity contribution in [3.63, 3.8) is 0 Å². The average molecular weight is 743 g/mol. The Bertz CT molecular complexity index is 2010. The minimum Gasteiger partial charge on any atom is -0.327 e. The third kappa shape index (κ3) is 6.67. The van der Waals surface area contributed by atoms with Gasteiger partial charge in [-0.2, -0.15) is 5.10 Å². The normalized spacial score (nSPS) is 22.8. The molecule has 0 N–H and O–H groups in total. The lowest BCUT2D eigenvalue weighted by Crippen LogP contribution is -2.45. The van der Waals surface area contributed by atoms with Gasteiger partial charge in [0, 0.05) is 53.8 Å². The Balaban J connectivity index is 1.24. The van der Waals surface area contributed by atoms with Crippen LogP contribution in [0.3, 0.4) is 0 Å². The number of piperidine rings is 1. The van der Waals surface area contributed by atoms with Gasteiger partial charge in [0.1, 0.15) is 29.3 Å². The molecule has 2 bridgehead atoms. The number of pyridine rings is 1. The summed E-state index contributed by atoms with van der Waals surface area (Å²) in [6.45, 7) is 3.90. The van der Waals surface area contributed by atoms with Gasteiger partial charge in [-0.15, -0.1) is 0 Å². The quantitative estimate of drug-likeness (QED) is 0.139. The fourth-order valence-electron chi connectivity index (χ4n) is 8.00. The summed E-state index contributed by atoms with van der Waals surface area (Å²) in [6.07, 6.45) is 13.1. The first-order chi connectivity index (χ1) is 24.1. The number of likely N-dealkylation sites (tertiary alicyclic amines) is 1. The molecule has 4 aromatic rings. The van der Waals surface area contributed by atoms with Crippen molar-refractivity contribution in [2.45, 2.75) is 84.1 Å². The number of amides is 1. The first kappa shape index (κ1) is 34.3. The number of Topliss-reactive ketones (excluding diaryl/α,β-unsaturated/α-hetero) is 2. The number of rotatable bonds is 5. The van der Waals surface area contributed by atoms with E-state index in [-0.39, 0.29) is 47.6 Å². The van der Waals surface area contributed by atoms with Crippen molar-refractivity contribution < 1.29 is 18.8 Å². The molecule has 3 aliphatic rings. The molecule has 50 heavy (non-hydrogen) atoms. The van der Waals surface area contributed by atoms with Crippen molar-refractivity contribution in [2.75, 3.05) is 20.1 Å². The van der Waals surface area contributed by atoms with Crippen LogP contribution < -0.4 is 0 Å². The number of hydrogen-bond donors (Lipinski definition) is 0. The molecular formula is C38H41BrFN7O3. The van der Waals surface area contributed by atoms with Crippen molar-refractivity contribution in [3.8, 4) is 11.1 Å². The van der Waals surface area contributed by atoms with E-state index >= 15 is 0 Å². The Hall–Kier alpha value is -4.16. The Morgan fingerprint density at radius 1 is 1.08 bits per heavy atom. The van der Waals surface area contributed by atoms with Crippen LogP contribution in [-0.4, -0.2) is 84.2 Å². The van der Waals surface area contributed by atoms with E-state index in [4.69, 9.17) is 4.98 Å². The third-order valence-corrected chi connectivity index (χ3v) is 10.9. The smallest absolute Gasteiger partial charge is 0.245 e. The number of aryl methyl sites for hydroxylation is 1. The topological polar surface area (TPSA) is 114 Å². The lowest BCUT2D eigenvalue weighted by molar-refractivity contribution is -0.139. The van der Waals surface area contributed by atoms with E-state index in [1.54, 1.807) is 36.4 Å². The molecule has 1 saturated heterocycles. The number of alkyl halides is 1. The summed E-state index contributed by atoms with van der Waals surface area (Å²) in [5.41, 5.74) is 3.74. The van der Waals surface area contributed by atoms with E-state index in [1.807, 2.05) is 12.1 Å². The van der Waals surface area contributed by atoms with E-state index in [0.717, 1.165) is 44.3 Å². The lowest BCUT2D eigenvalue weighted by atomic mass is 9.93. The number of halogens is 2. The molecule has 3 aromatic heterocycles. The molecule has 260 valence electrons. The first-order valence-electron chi connectivity index (χ1n) is 17.3. The van der Waals surface area contributed by atoms with Gasteiger partial charge in [-0.3, -0.25) is 19.1 Å². The lowest BCUT2D eigenvalue weighted by Gasteiger charge is -2.27. The SMILES string of the molecule is CC(=O)c1nn(CC(=O)N2[C@H]3C[C@]4(C[C@@H]24)CN(C)CCCCC=CCc2ccc(Br)nc2CC3=O)c2c(CF)cc(-c3cnc(C)nc3)cc12. The third-order valence-electron chi connectivity index (χ3n) is 10.5. The zero-order valence-corrected chi connectivity index (χ0v) is 30.2. The van der Waals surface area contributed by atoms with Gasteiger partial charge in [0.15, 0.2) is 11.6 Å². The van der Waals surface area contributed by atoms with Gasteiger partial charge in [-0.25, -0.2) is 19.3 Å². The second-order valence-corrected chi connectivity index (χ2v) is 15.0. The fourth-order valence-corrected chi connectivity index (χ4v) is 8.35. The van der Waals surface area contributed by atoms with Crippen LogP contribution >= 0.6 is 15.9 Å². The van der Waals surface area contributed by atoms with E-state index in [1.165, 1.54) is 11.6 Å². The molecule has 1 spiro atoms. The van der Waals surface area contributed by atoms with Crippen molar-refractivity contribution >= 4 is 44.3 Å². The van der Waals surface area contributed by atoms with Crippen LogP contribution in [0.25, 0.3) is 22.0 Å².